The zero-order valence-corrected chi connectivity index (χ0v) is 42.5. The molecule has 394 valence electrons. The van der Waals surface area contributed by atoms with Crippen LogP contribution >= 0.6 is 20.5 Å². The number of unbranched alkanes of at least 4 members (excludes halogenated alkanes) is 4. The van der Waals surface area contributed by atoms with Crippen molar-refractivity contribution < 1.29 is 67.0 Å². The summed E-state index contributed by atoms with van der Waals surface area (Å²) in [6.07, 6.45) is 6.42. The third kappa shape index (κ3) is 26.2. The summed E-state index contributed by atoms with van der Waals surface area (Å²) in [5, 5.41) is 15.4. The summed E-state index contributed by atoms with van der Waals surface area (Å²) >= 11 is 4.04. The molecule has 1 aromatic heterocycles. The highest BCUT2D eigenvalue weighted by Crippen LogP contribution is 2.39. The summed E-state index contributed by atoms with van der Waals surface area (Å²) in [5.41, 5.74) is 12.8. The van der Waals surface area contributed by atoms with Gasteiger partial charge in [-0.15, -0.1) is 0 Å². The number of hydrogen-bond donors (Lipinski definition) is 9. The van der Waals surface area contributed by atoms with E-state index in [2.05, 4.69) is 49.9 Å². The minimum absolute atomic E-state index is 0.0139. The fourth-order valence-electron chi connectivity index (χ4n) is 7.50. The number of phosphoric acid groups is 1. The van der Waals surface area contributed by atoms with E-state index in [1.165, 1.54) is 23.0 Å². The fraction of sp³-hybridized carbons (Fsp3) is 0.660. The van der Waals surface area contributed by atoms with Gasteiger partial charge in [-0.2, -0.15) is 12.6 Å². The molecule has 0 fully saturated rings. The maximum Gasteiger partial charge on any atom is 0.469 e. The van der Waals surface area contributed by atoms with Gasteiger partial charge in [0.25, 0.3) is 0 Å². The first-order valence-electron chi connectivity index (χ1n) is 23.9. The van der Waals surface area contributed by atoms with Gasteiger partial charge in [0.05, 0.1) is 75.7 Å². The molecular formula is C47H76N7O14PS. The lowest BCUT2D eigenvalue weighted by atomic mass is 9.89. The van der Waals surface area contributed by atoms with Crippen molar-refractivity contribution >= 4 is 61.4 Å². The number of aromatic amines is 1. The SMILES string of the molecule is CC(C)C[C@H](NC(=O)CN(CCCCCCCc1ccccc1)C(=O)CCOCCOCCCC(=O)[C@@H](N)CS)C(=O)C[C@@H](Cc1cnc[nH]1)C(=O)N[C@@H](CO)C(=O)C[C@H](C(N)=O)[C@@H](C)OP(=O)(O)O. The molecule has 21 nitrogen and oxygen atoms in total. The molecule has 1 heterocycles. The van der Waals surface area contributed by atoms with Crippen LogP contribution in [0.2, 0.25) is 0 Å². The maximum atomic E-state index is 14.1. The number of primary amides is 1. The van der Waals surface area contributed by atoms with Crippen LogP contribution in [0.25, 0.3) is 0 Å². The van der Waals surface area contributed by atoms with Gasteiger partial charge in [0, 0.05) is 56.5 Å². The number of nitrogens with one attached hydrogen (secondary N) is 3. The lowest BCUT2D eigenvalue weighted by molar-refractivity contribution is -0.138. The van der Waals surface area contributed by atoms with E-state index in [1.54, 1.807) is 0 Å². The summed E-state index contributed by atoms with van der Waals surface area (Å²) in [5.74, 6) is -6.84. The number of ketones is 3. The van der Waals surface area contributed by atoms with Crippen molar-refractivity contribution in [2.24, 2.45) is 29.2 Å². The van der Waals surface area contributed by atoms with Crippen molar-refractivity contribution in [3.05, 3.63) is 54.1 Å². The molecule has 0 aliphatic rings. The number of aromatic nitrogens is 2. The predicted molar refractivity (Wildman–Crippen MR) is 263 cm³/mol. The van der Waals surface area contributed by atoms with Crippen molar-refractivity contribution in [3.8, 4) is 0 Å². The van der Waals surface area contributed by atoms with E-state index >= 15 is 0 Å². The Bertz CT molecular complexity index is 1940. The number of nitrogens with zero attached hydrogens (tertiary/aromatic N) is 2. The minimum atomic E-state index is -5.08. The Kier molecular flexibility index (Phi) is 30.0. The normalized spacial score (nSPS) is 14.2. The summed E-state index contributed by atoms with van der Waals surface area (Å²) in [6.45, 7) is 4.74. The molecule has 0 aliphatic carbocycles. The quantitative estimate of drug-likeness (QED) is 0.0262. The maximum absolute atomic E-state index is 14.1. The number of aliphatic hydroxyl groups is 1. The third-order valence-electron chi connectivity index (χ3n) is 11.4. The molecule has 2 rings (SSSR count). The lowest BCUT2D eigenvalue weighted by Gasteiger charge is -2.26. The smallest absolute Gasteiger partial charge is 0.394 e. The number of thiol groups is 1. The standard InChI is InChI=1S/C47H76N7O14PS/c1-32(2)23-39(42(57)25-35(24-36-27-50-31-51-36)47(62)53-40(29-55)43(58)26-37(46(49)61)33(3)68-69(63,64)65)52-44(59)28-54(18-11-6-4-5-8-13-34-14-9-7-10-15-34)45(60)17-20-67-22-21-66-19-12-16-41(56)38(48)30-70/h7,9-10,14-15,27,31-33,35,37-40,55,70H,4-6,8,11-13,16-26,28-30,48H2,1-3H3,(H2,49,61)(H,50,51)(H,52,59)(H,53,62)(H2,63,64,65)/t33-,35-,37+,38+,39+,40+/m1/s1. The lowest BCUT2D eigenvalue weighted by Crippen LogP contribution is -2.50. The molecule has 4 amide bonds. The van der Waals surface area contributed by atoms with Crippen LogP contribution in [0.1, 0.15) is 103 Å². The number of aliphatic hydroxyl groups excluding tert-OH is 1. The third-order valence-corrected chi connectivity index (χ3v) is 12.4. The summed E-state index contributed by atoms with van der Waals surface area (Å²) < 4.78 is 27.1. The van der Waals surface area contributed by atoms with Gasteiger partial charge in [-0.05, 0) is 50.5 Å². The van der Waals surface area contributed by atoms with Crippen molar-refractivity contribution in [1.82, 2.24) is 25.5 Å². The second kappa shape index (κ2) is 34.1. The van der Waals surface area contributed by atoms with Gasteiger partial charge in [0.15, 0.2) is 11.6 Å². The molecule has 2 aromatic rings. The number of carbonyl (C=O) groups is 7. The van der Waals surface area contributed by atoms with Gasteiger partial charge >= 0.3 is 7.82 Å². The van der Waals surface area contributed by atoms with Crippen LogP contribution in [-0.2, 0) is 65.0 Å². The molecule has 0 saturated carbocycles. The molecule has 0 saturated heterocycles. The highest BCUT2D eigenvalue weighted by atomic mass is 32.1. The van der Waals surface area contributed by atoms with Crippen LogP contribution in [0, 0.1) is 17.8 Å². The monoisotopic (exact) mass is 1030 g/mol. The number of benzene rings is 1. The molecule has 1 aromatic carbocycles. The highest BCUT2D eigenvalue weighted by Gasteiger charge is 2.36. The summed E-state index contributed by atoms with van der Waals surface area (Å²) in [6, 6.07) is 6.93. The van der Waals surface area contributed by atoms with Crippen molar-refractivity contribution in [3.63, 3.8) is 0 Å². The zero-order chi connectivity index (χ0) is 52.1. The van der Waals surface area contributed by atoms with Gasteiger partial charge in [-0.1, -0.05) is 63.4 Å². The number of imidazole rings is 1. The number of H-pyrrole nitrogens is 1. The van der Waals surface area contributed by atoms with Crippen LogP contribution in [0.4, 0.5) is 0 Å². The Balaban J connectivity index is 2.13. The molecular weight excluding hydrogens is 950 g/mol. The fourth-order valence-corrected chi connectivity index (χ4v) is 8.28. The van der Waals surface area contributed by atoms with E-state index in [0.717, 1.165) is 39.0 Å². The molecule has 70 heavy (non-hydrogen) atoms. The van der Waals surface area contributed by atoms with Crippen LogP contribution in [0.3, 0.4) is 0 Å². The Morgan fingerprint density at radius 2 is 1.50 bits per heavy atom. The highest BCUT2D eigenvalue weighted by molar-refractivity contribution is 7.80. The van der Waals surface area contributed by atoms with Crippen LogP contribution in [-0.4, -0.2) is 147 Å². The first-order chi connectivity index (χ1) is 33.2. The van der Waals surface area contributed by atoms with E-state index in [0.29, 0.717) is 31.7 Å². The number of nitrogens with two attached hydrogens (primary N) is 2. The van der Waals surface area contributed by atoms with E-state index in [1.807, 2.05) is 32.0 Å². The zero-order valence-electron chi connectivity index (χ0n) is 40.7. The number of Topliss-reactive ketones (excluding diaryl/α,β-unsaturated/α-hetero) is 3. The van der Waals surface area contributed by atoms with Crippen molar-refractivity contribution in [1.29, 1.82) is 0 Å². The molecule has 0 unspecified atom stereocenters. The number of phosphoric ester groups is 1. The molecule has 6 atom stereocenters. The molecule has 10 N–H and O–H groups in total. The van der Waals surface area contributed by atoms with E-state index in [9.17, 15) is 53.0 Å². The topological polar surface area (TPSA) is 333 Å². The molecule has 23 heteroatoms. The first-order valence-corrected chi connectivity index (χ1v) is 26.0. The summed E-state index contributed by atoms with van der Waals surface area (Å²) in [7, 11) is -5.08. The number of ether oxygens (including phenoxy) is 2. The van der Waals surface area contributed by atoms with E-state index in [4.69, 9.17) is 20.9 Å². The number of carbonyl (C=O) groups excluding carboxylic acids is 7. The Labute approximate surface area is 416 Å². The minimum Gasteiger partial charge on any atom is -0.394 e. The second-order valence-electron chi connectivity index (χ2n) is 17.8. The second-order valence-corrected chi connectivity index (χ2v) is 19.3. The van der Waals surface area contributed by atoms with Crippen molar-refractivity contribution in [2.45, 2.75) is 128 Å². The molecule has 0 bridgehead atoms. The largest absolute Gasteiger partial charge is 0.469 e. The number of rotatable bonds is 40. The average Bonchev–Trinajstić information content (AvgIpc) is 3.82. The Morgan fingerprint density at radius 1 is 0.843 bits per heavy atom. The Morgan fingerprint density at radius 3 is 2.11 bits per heavy atom. The molecule has 0 aliphatic heterocycles. The average molecular weight is 1030 g/mol. The molecule has 0 radical (unpaired) electrons. The van der Waals surface area contributed by atoms with Crippen LogP contribution < -0.4 is 22.1 Å². The van der Waals surface area contributed by atoms with Gasteiger partial charge in [0.1, 0.15) is 11.8 Å². The van der Waals surface area contributed by atoms with Gasteiger partial charge < -0.3 is 56.4 Å². The van der Waals surface area contributed by atoms with Crippen LogP contribution in [0.5, 0.6) is 0 Å². The van der Waals surface area contributed by atoms with Crippen LogP contribution in [0.15, 0.2) is 42.9 Å². The van der Waals surface area contributed by atoms with Gasteiger partial charge in [-0.3, -0.25) is 38.1 Å². The molecule has 0 spiro atoms. The van der Waals surface area contributed by atoms with E-state index in [-0.39, 0.29) is 75.4 Å². The predicted octanol–water partition coefficient (Wildman–Crippen LogP) is 2.15. The van der Waals surface area contributed by atoms with Crippen molar-refractivity contribution in [2.75, 3.05) is 51.9 Å². The number of hydrogen-bond acceptors (Lipinski definition) is 15. The number of aryl methyl sites for hydroxylation is 1. The van der Waals surface area contributed by atoms with Gasteiger partial charge in [-0.25, -0.2) is 9.55 Å². The summed E-state index contributed by atoms with van der Waals surface area (Å²) in [4.78, 5) is 119. The Hall–Kier alpha value is -4.38. The first kappa shape index (κ1) is 61.7. The van der Waals surface area contributed by atoms with E-state index < -0.39 is 92.6 Å². The number of amides is 4. The van der Waals surface area contributed by atoms with Gasteiger partial charge in [0.2, 0.25) is 23.6 Å².